The zero-order valence-electron chi connectivity index (χ0n) is 10.3. The van der Waals surface area contributed by atoms with Crippen LogP contribution in [0.15, 0.2) is 42.5 Å². The number of benzene rings is 2. The Morgan fingerprint density at radius 1 is 1.11 bits per heavy atom. The van der Waals surface area contributed by atoms with Crippen molar-refractivity contribution in [3.63, 3.8) is 0 Å². The second-order valence-electron chi connectivity index (χ2n) is 5.05. The molecular weight excluding hydrogens is 279 g/mol. The first-order valence-electron chi connectivity index (χ1n) is 6.35. The molecule has 0 heterocycles. The van der Waals surface area contributed by atoms with Gasteiger partial charge in [-0.15, -0.1) is 0 Å². The highest BCUT2D eigenvalue weighted by Gasteiger charge is 2.28. The smallest absolute Gasteiger partial charge is 0.0797 e. The molecule has 2 aromatic rings. The fourth-order valence-corrected chi connectivity index (χ4v) is 3.29. The molecule has 19 heavy (non-hydrogen) atoms. The van der Waals surface area contributed by atoms with Gasteiger partial charge >= 0.3 is 0 Å². The maximum absolute atomic E-state index is 10.3. The Labute approximate surface area is 122 Å². The van der Waals surface area contributed by atoms with Gasteiger partial charge in [0, 0.05) is 10.0 Å². The normalized spacial score (nSPS) is 18.6. The summed E-state index contributed by atoms with van der Waals surface area (Å²) in [6.07, 6.45) is 1.24. The van der Waals surface area contributed by atoms with E-state index in [-0.39, 0.29) is 0 Å². The fraction of sp³-hybridized carbons (Fsp3) is 0.250. The largest absolute Gasteiger partial charge is 0.388 e. The van der Waals surface area contributed by atoms with Crippen LogP contribution in [-0.2, 0) is 6.42 Å². The predicted molar refractivity (Wildman–Crippen MR) is 78.9 cm³/mol. The lowest BCUT2D eigenvalue weighted by Gasteiger charge is -2.31. The van der Waals surface area contributed by atoms with Gasteiger partial charge in [-0.2, -0.15) is 0 Å². The third-order valence-electron chi connectivity index (χ3n) is 3.74. The van der Waals surface area contributed by atoms with Crippen LogP contribution in [0.25, 0.3) is 0 Å². The first-order valence-corrected chi connectivity index (χ1v) is 7.11. The van der Waals surface area contributed by atoms with Crippen LogP contribution in [0.2, 0.25) is 10.0 Å². The summed E-state index contributed by atoms with van der Waals surface area (Å²) in [7, 11) is 0. The first-order chi connectivity index (χ1) is 9.13. The van der Waals surface area contributed by atoms with Gasteiger partial charge in [-0.3, -0.25) is 0 Å². The van der Waals surface area contributed by atoms with Gasteiger partial charge in [-0.25, -0.2) is 0 Å². The summed E-state index contributed by atoms with van der Waals surface area (Å²) in [5.74, 6) is 0.434. The van der Waals surface area contributed by atoms with Crippen molar-refractivity contribution in [1.29, 1.82) is 0 Å². The lowest BCUT2D eigenvalue weighted by Crippen LogP contribution is -2.19. The zero-order valence-corrected chi connectivity index (χ0v) is 11.8. The van der Waals surface area contributed by atoms with Gasteiger partial charge < -0.3 is 5.11 Å². The minimum Gasteiger partial charge on any atom is -0.388 e. The van der Waals surface area contributed by atoms with E-state index in [1.165, 1.54) is 11.1 Å². The quantitative estimate of drug-likeness (QED) is 0.865. The van der Waals surface area contributed by atoms with Crippen LogP contribution in [-0.4, -0.2) is 5.11 Å². The molecule has 2 aromatic carbocycles. The summed E-state index contributed by atoms with van der Waals surface area (Å²) in [5.41, 5.74) is 3.54. The molecule has 0 saturated heterocycles. The van der Waals surface area contributed by atoms with Gasteiger partial charge in [-0.05, 0) is 53.6 Å². The predicted octanol–water partition coefficient (Wildman–Crippen LogP) is 4.76. The van der Waals surface area contributed by atoms with Gasteiger partial charge in [0.05, 0.1) is 6.10 Å². The Kier molecular flexibility index (Phi) is 3.53. The molecule has 1 aliphatic rings. The van der Waals surface area contributed by atoms with Crippen molar-refractivity contribution in [3.8, 4) is 0 Å². The van der Waals surface area contributed by atoms with Crippen LogP contribution >= 0.6 is 23.2 Å². The Hall–Kier alpha value is -1.02. The summed E-state index contributed by atoms with van der Waals surface area (Å²) in [6, 6.07) is 13.6. The van der Waals surface area contributed by atoms with Gasteiger partial charge in [0.15, 0.2) is 0 Å². The lowest BCUT2D eigenvalue weighted by molar-refractivity contribution is 0.153. The fourth-order valence-electron chi connectivity index (χ4n) is 2.75. The van der Waals surface area contributed by atoms with Crippen molar-refractivity contribution in [2.75, 3.05) is 0 Å². The maximum Gasteiger partial charge on any atom is 0.0797 e. The molecular formula is C16H14Cl2O. The van der Waals surface area contributed by atoms with E-state index in [1.54, 1.807) is 18.2 Å². The number of aliphatic hydroxyl groups excluding tert-OH is 1. The van der Waals surface area contributed by atoms with Gasteiger partial charge in [0.2, 0.25) is 0 Å². The molecule has 1 nitrogen and oxygen atoms in total. The van der Waals surface area contributed by atoms with Crippen LogP contribution < -0.4 is 0 Å². The summed E-state index contributed by atoms with van der Waals surface area (Å²) in [6.45, 7) is 0. The molecule has 0 spiro atoms. The molecule has 0 bridgehead atoms. The maximum atomic E-state index is 10.3. The third kappa shape index (κ3) is 2.64. The van der Waals surface area contributed by atoms with Crippen LogP contribution in [0.5, 0.6) is 0 Å². The zero-order chi connectivity index (χ0) is 13.4. The van der Waals surface area contributed by atoms with Crippen molar-refractivity contribution in [1.82, 2.24) is 0 Å². The molecule has 0 aromatic heterocycles. The van der Waals surface area contributed by atoms with E-state index in [2.05, 4.69) is 18.2 Å². The Morgan fingerprint density at radius 2 is 1.79 bits per heavy atom. The molecule has 0 radical (unpaired) electrons. The van der Waals surface area contributed by atoms with Crippen molar-refractivity contribution in [3.05, 3.63) is 69.2 Å². The minimum absolute atomic E-state index is 0.434. The molecule has 2 atom stereocenters. The van der Waals surface area contributed by atoms with E-state index in [9.17, 15) is 5.11 Å². The summed E-state index contributed by atoms with van der Waals surface area (Å²) >= 11 is 11.9. The van der Waals surface area contributed by atoms with Crippen molar-refractivity contribution >= 4 is 23.2 Å². The van der Waals surface area contributed by atoms with Gasteiger partial charge in [0.1, 0.15) is 0 Å². The highest BCUT2D eigenvalue weighted by molar-refractivity contribution is 6.34. The minimum atomic E-state index is -0.519. The van der Waals surface area contributed by atoms with Crippen LogP contribution in [0, 0.1) is 0 Å². The van der Waals surface area contributed by atoms with E-state index in [1.807, 2.05) is 6.07 Å². The number of rotatable bonds is 3. The SMILES string of the molecule is OC(CC1Cc2ccccc21)c1cc(Cl)cc(Cl)c1. The molecule has 0 aliphatic heterocycles. The highest BCUT2D eigenvalue weighted by atomic mass is 35.5. The molecule has 1 N–H and O–H groups in total. The lowest BCUT2D eigenvalue weighted by atomic mass is 9.74. The number of halogens is 2. The van der Waals surface area contributed by atoms with E-state index < -0.39 is 6.10 Å². The van der Waals surface area contributed by atoms with Crippen molar-refractivity contribution in [2.45, 2.75) is 24.9 Å². The van der Waals surface area contributed by atoms with E-state index >= 15 is 0 Å². The van der Waals surface area contributed by atoms with Crippen LogP contribution in [0.3, 0.4) is 0 Å². The second-order valence-corrected chi connectivity index (χ2v) is 5.93. The van der Waals surface area contributed by atoms with Crippen LogP contribution in [0.1, 0.15) is 35.1 Å². The average molecular weight is 293 g/mol. The highest BCUT2D eigenvalue weighted by Crippen LogP contribution is 2.41. The Bertz CT molecular complexity index is 589. The number of fused-ring (bicyclic) bond motifs is 1. The number of aliphatic hydroxyl groups is 1. The Balaban J connectivity index is 1.74. The number of hydrogen-bond donors (Lipinski definition) is 1. The molecule has 1 aliphatic carbocycles. The van der Waals surface area contributed by atoms with Crippen molar-refractivity contribution in [2.24, 2.45) is 0 Å². The summed E-state index contributed by atoms with van der Waals surface area (Å²) in [4.78, 5) is 0. The van der Waals surface area contributed by atoms with Gasteiger partial charge in [0.25, 0.3) is 0 Å². The van der Waals surface area contributed by atoms with E-state index in [4.69, 9.17) is 23.2 Å². The summed E-state index contributed by atoms with van der Waals surface area (Å²) < 4.78 is 0. The van der Waals surface area contributed by atoms with Crippen molar-refractivity contribution < 1.29 is 5.11 Å². The molecule has 2 unspecified atom stereocenters. The average Bonchev–Trinajstić information content (AvgIpc) is 2.34. The summed E-state index contributed by atoms with van der Waals surface area (Å²) in [5, 5.41) is 11.4. The van der Waals surface area contributed by atoms with Crippen LogP contribution in [0.4, 0.5) is 0 Å². The molecule has 0 saturated carbocycles. The Morgan fingerprint density at radius 3 is 2.47 bits per heavy atom. The third-order valence-corrected chi connectivity index (χ3v) is 4.18. The van der Waals surface area contributed by atoms with Gasteiger partial charge in [-0.1, -0.05) is 47.5 Å². The first kappa shape index (κ1) is 13.0. The molecule has 3 heteroatoms. The molecule has 0 fully saturated rings. The van der Waals surface area contributed by atoms with E-state index in [0.29, 0.717) is 22.4 Å². The molecule has 3 rings (SSSR count). The van der Waals surface area contributed by atoms with E-state index in [0.717, 1.165) is 12.0 Å². The number of hydrogen-bond acceptors (Lipinski definition) is 1. The monoisotopic (exact) mass is 292 g/mol. The molecule has 0 amide bonds. The second kappa shape index (κ2) is 5.16. The topological polar surface area (TPSA) is 20.2 Å². The molecule has 98 valence electrons. The standard InChI is InChI=1S/C16H14Cl2O/c17-13-6-12(7-14(18)9-13)16(19)8-11-5-10-3-1-2-4-15(10)11/h1-4,6-7,9,11,16,19H,5,8H2.